The third-order valence-corrected chi connectivity index (χ3v) is 4.52. The van der Waals surface area contributed by atoms with E-state index in [1.807, 2.05) is 24.3 Å². The highest BCUT2D eigenvalue weighted by molar-refractivity contribution is 5.44. The van der Waals surface area contributed by atoms with Gasteiger partial charge in [0.05, 0.1) is 6.54 Å². The van der Waals surface area contributed by atoms with E-state index in [0.717, 1.165) is 18.8 Å². The van der Waals surface area contributed by atoms with E-state index >= 15 is 0 Å². The van der Waals surface area contributed by atoms with Gasteiger partial charge < -0.3 is 19.9 Å². The number of hydrogen-bond donors (Lipinski definition) is 2. The van der Waals surface area contributed by atoms with Crippen LogP contribution in [0.25, 0.3) is 0 Å². The maximum absolute atomic E-state index is 10.7. The van der Waals surface area contributed by atoms with E-state index in [2.05, 4.69) is 31.0 Å². The SMILES string of the molecule is CC(C)(C)NCC(O)C1=C(CN2CCCCC2)Oc2ccccc2O1. The molecule has 1 atom stereocenters. The van der Waals surface area contributed by atoms with Crippen molar-refractivity contribution < 1.29 is 14.6 Å². The van der Waals surface area contributed by atoms with Gasteiger partial charge in [0, 0.05) is 12.1 Å². The number of benzene rings is 1. The van der Waals surface area contributed by atoms with Crippen LogP contribution in [-0.2, 0) is 0 Å². The van der Waals surface area contributed by atoms with Crippen LogP contribution in [0, 0.1) is 0 Å². The van der Waals surface area contributed by atoms with Crippen molar-refractivity contribution in [2.45, 2.75) is 51.7 Å². The minimum absolute atomic E-state index is 0.0675. The van der Waals surface area contributed by atoms with Crippen LogP contribution >= 0.6 is 0 Å². The molecule has 25 heavy (non-hydrogen) atoms. The maximum atomic E-state index is 10.7. The van der Waals surface area contributed by atoms with Crippen molar-refractivity contribution in [3.05, 3.63) is 35.8 Å². The largest absolute Gasteiger partial charge is 0.453 e. The highest BCUT2D eigenvalue weighted by Gasteiger charge is 2.29. The summed E-state index contributed by atoms with van der Waals surface area (Å²) in [6.45, 7) is 9.48. The van der Waals surface area contributed by atoms with Crippen LogP contribution in [0.4, 0.5) is 0 Å². The average Bonchev–Trinajstić information content (AvgIpc) is 2.59. The molecule has 2 aliphatic heterocycles. The lowest BCUT2D eigenvalue weighted by Crippen LogP contribution is -2.43. The summed E-state index contributed by atoms with van der Waals surface area (Å²) in [7, 11) is 0. The van der Waals surface area contributed by atoms with Crippen molar-refractivity contribution in [1.82, 2.24) is 10.2 Å². The van der Waals surface area contributed by atoms with Crippen LogP contribution < -0.4 is 14.8 Å². The first-order valence-corrected chi connectivity index (χ1v) is 9.25. The van der Waals surface area contributed by atoms with Crippen LogP contribution in [0.1, 0.15) is 40.0 Å². The fourth-order valence-electron chi connectivity index (χ4n) is 3.16. The van der Waals surface area contributed by atoms with Crippen LogP contribution in [0.5, 0.6) is 11.5 Å². The van der Waals surface area contributed by atoms with E-state index in [4.69, 9.17) is 9.47 Å². The van der Waals surface area contributed by atoms with Crippen molar-refractivity contribution in [3.63, 3.8) is 0 Å². The summed E-state index contributed by atoms with van der Waals surface area (Å²) in [6.07, 6.45) is 2.98. The Labute approximate surface area is 150 Å². The third kappa shape index (κ3) is 4.97. The Morgan fingerprint density at radius 1 is 1.08 bits per heavy atom. The summed E-state index contributed by atoms with van der Waals surface area (Å²) in [4.78, 5) is 2.38. The number of ether oxygens (including phenoxy) is 2. The molecular weight excluding hydrogens is 316 g/mol. The van der Waals surface area contributed by atoms with Crippen LogP contribution in [-0.4, -0.2) is 47.8 Å². The summed E-state index contributed by atoms with van der Waals surface area (Å²) < 4.78 is 12.2. The Morgan fingerprint density at radius 2 is 1.72 bits per heavy atom. The van der Waals surface area contributed by atoms with Gasteiger partial charge in [0.1, 0.15) is 6.10 Å². The second-order valence-corrected chi connectivity index (χ2v) is 7.92. The zero-order chi connectivity index (χ0) is 17.9. The predicted octanol–water partition coefficient (Wildman–Crippen LogP) is 2.90. The van der Waals surface area contributed by atoms with Gasteiger partial charge in [-0.15, -0.1) is 0 Å². The fraction of sp³-hybridized carbons (Fsp3) is 0.600. The molecule has 2 heterocycles. The van der Waals surface area contributed by atoms with Gasteiger partial charge in [-0.2, -0.15) is 0 Å². The van der Waals surface area contributed by atoms with E-state index in [1.165, 1.54) is 19.3 Å². The summed E-state index contributed by atoms with van der Waals surface area (Å²) in [5.41, 5.74) is -0.0675. The zero-order valence-electron chi connectivity index (χ0n) is 15.5. The summed E-state index contributed by atoms with van der Waals surface area (Å²) in [6, 6.07) is 7.62. The highest BCUT2D eigenvalue weighted by atomic mass is 16.6. The van der Waals surface area contributed by atoms with Crippen LogP contribution in [0.3, 0.4) is 0 Å². The topological polar surface area (TPSA) is 54.0 Å². The van der Waals surface area contributed by atoms with Crippen molar-refractivity contribution in [3.8, 4) is 11.5 Å². The Morgan fingerprint density at radius 3 is 2.36 bits per heavy atom. The lowest BCUT2D eigenvalue weighted by atomic mass is 10.1. The number of aliphatic hydroxyl groups excluding tert-OH is 1. The molecule has 5 heteroatoms. The van der Waals surface area contributed by atoms with E-state index in [0.29, 0.717) is 30.3 Å². The molecule has 0 bridgehead atoms. The van der Waals surface area contributed by atoms with Crippen LogP contribution in [0.15, 0.2) is 35.8 Å². The first-order valence-electron chi connectivity index (χ1n) is 9.25. The normalized spacial score (nSPS) is 19.8. The molecule has 0 spiro atoms. The molecule has 1 fully saturated rings. The molecule has 1 saturated heterocycles. The van der Waals surface area contributed by atoms with E-state index in [-0.39, 0.29) is 5.54 Å². The van der Waals surface area contributed by atoms with Crippen LogP contribution in [0.2, 0.25) is 0 Å². The molecule has 2 aliphatic rings. The molecule has 1 aromatic rings. The third-order valence-electron chi connectivity index (χ3n) is 4.52. The van der Waals surface area contributed by atoms with Gasteiger partial charge in [0.25, 0.3) is 0 Å². The predicted molar refractivity (Wildman–Crippen MR) is 98.8 cm³/mol. The smallest absolute Gasteiger partial charge is 0.174 e. The number of fused-ring (bicyclic) bond motifs is 1. The first-order chi connectivity index (χ1) is 11.9. The van der Waals surface area contributed by atoms with E-state index in [1.54, 1.807) is 0 Å². The molecule has 0 saturated carbocycles. The number of nitrogens with one attached hydrogen (secondary N) is 1. The minimum atomic E-state index is -0.743. The monoisotopic (exact) mass is 346 g/mol. The Bertz CT molecular complexity index is 616. The summed E-state index contributed by atoms with van der Waals surface area (Å²) in [5, 5.41) is 14.1. The average molecular weight is 346 g/mol. The number of aliphatic hydroxyl groups is 1. The number of para-hydroxylation sites is 2. The molecular formula is C20H30N2O3. The number of β-amino-alcohol motifs (C(OH)–C–C–N with tert-alkyl or cyclic N) is 1. The number of hydrogen-bond acceptors (Lipinski definition) is 5. The lowest BCUT2D eigenvalue weighted by Gasteiger charge is -2.32. The standard InChI is InChI=1S/C20H30N2O3/c1-20(2,3)21-13-15(23)19-18(14-22-11-7-4-8-12-22)24-16-9-5-6-10-17(16)25-19/h5-6,9-10,15,21,23H,4,7-8,11-14H2,1-3H3. The maximum Gasteiger partial charge on any atom is 0.174 e. The summed E-state index contributed by atoms with van der Waals surface area (Å²) >= 11 is 0. The highest BCUT2D eigenvalue weighted by Crippen LogP contribution is 2.36. The molecule has 5 nitrogen and oxygen atoms in total. The molecule has 0 aliphatic carbocycles. The van der Waals surface area contributed by atoms with E-state index < -0.39 is 6.10 Å². The van der Waals surface area contributed by atoms with Gasteiger partial charge in [-0.05, 0) is 58.8 Å². The van der Waals surface area contributed by atoms with Crippen molar-refractivity contribution in [1.29, 1.82) is 0 Å². The van der Waals surface area contributed by atoms with Gasteiger partial charge >= 0.3 is 0 Å². The number of piperidine rings is 1. The van der Waals surface area contributed by atoms with Gasteiger partial charge in [0.2, 0.25) is 0 Å². The number of nitrogens with zero attached hydrogens (tertiary/aromatic N) is 1. The van der Waals surface area contributed by atoms with Crippen molar-refractivity contribution in [2.24, 2.45) is 0 Å². The second kappa shape index (κ2) is 7.77. The van der Waals surface area contributed by atoms with Gasteiger partial charge in [-0.1, -0.05) is 18.6 Å². The van der Waals surface area contributed by atoms with E-state index in [9.17, 15) is 5.11 Å². The molecule has 0 amide bonds. The first kappa shape index (κ1) is 18.2. The van der Waals surface area contributed by atoms with Gasteiger partial charge in [-0.25, -0.2) is 0 Å². The number of rotatable bonds is 5. The Balaban J connectivity index is 1.78. The Hall–Kier alpha value is -1.56. The molecule has 1 unspecified atom stereocenters. The molecule has 0 aromatic heterocycles. The van der Waals surface area contributed by atoms with Crippen molar-refractivity contribution >= 4 is 0 Å². The number of likely N-dealkylation sites (tertiary alicyclic amines) is 1. The lowest BCUT2D eigenvalue weighted by molar-refractivity contribution is 0.120. The molecule has 3 rings (SSSR count). The van der Waals surface area contributed by atoms with Gasteiger partial charge in [0.15, 0.2) is 23.0 Å². The second-order valence-electron chi connectivity index (χ2n) is 7.92. The van der Waals surface area contributed by atoms with Gasteiger partial charge in [-0.3, -0.25) is 4.90 Å². The minimum Gasteiger partial charge on any atom is -0.453 e. The summed E-state index contributed by atoms with van der Waals surface area (Å²) in [5.74, 6) is 2.63. The molecule has 2 N–H and O–H groups in total. The quantitative estimate of drug-likeness (QED) is 0.859. The fourth-order valence-corrected chi connectivity index (χ4v) is 3.16. The van der Waals surface area contributed by atoms with Crippen molar-refractivity contribution in [2.75, 3.05) is 26.2 Å². The zero-order valence-corrected chi connectivity index (χ0v) is 15.5. The molecule has 0 radical (unpaired) electrons. The molecule has 1 aromatic carbocycles. The Kier molecular flexibility index (Phi) is 5.67. The molecule has 138 valence electrons.